The summed E-state index contributed by atoms with van der Waals surface area (Å²) in [4.78, 5) is 35.4. The van der Waals surface area contributed by atoms with Crippen LogP contribution in [0.3, 0.4) is 0 Å². The number of nitrogens with one attached hydrogen (secondary N) is 2. The minimum absolute atomic E-state index is 0.297. The van der Waals surface area contributed by atoms with Crippen molar-refractivity contribution in [3.63, 3.8) is 0 Å². The Bertz CT molecular complexity index is 891. The Morgan fingerprint density at radius 1 is 1.07 bits per heavy atom. The molecule has 28 heavy (non-hydrogen) atoms. The van der Waals surface area contributed by atoms with Crippen molar-refractivity contribution in [2.24, 2.45) is 0 Å². The van der Waals surface area contributed by atoms with Crippen LogP contribution in [0, 0.1) is 11.3 Å². The summed E-state index contributed by atoms with van der Waals surface area (Å²) in [6, 6.07) is 14.2. The molecule has 0 heterocycles. The number of hydrogen-bond donors (Lipinski definition) is 2. The van der Waals surface area contributed by atoms with Gasteiger partial charge in [0.1, 0.15) is 5.75 Å². The second kappa shape index (κ2) is 9.94. The molecule has 2 rings (SSSR count). The van der Waals surface area contributed by atoms with E-state index in [0.29, 0.717) is 21.9 Å². The number of carbonyl (C=O) groups excluding carboxylic acids is 3. The van der Waals surface area contributed by atoms with E-state index in [-0.39, 0.29) is 0 Å². The lowest BCUT2D eigenvalue weighted by Crippen LogP contribution is -2.44. The van der Waals surface area contributed by atoms with Gasteiger partial charge in [-0.3, -0.25) is 20.4 Å². The maximum Gasteiger partial charge on any atom is 0.347 e. The van der Waals surface area contributed by atoms with E-state index in [4.69, 9.17) is 26.3 Å². The molecule has 0 saturated heterocycles. The van der Waals surface area contributed by atoms with Gasteiger partial charge in [0, 0.05) is 10.6 Å². The molecule has 0 spiro atoms. The lowest BCUT2D eigenvalue weighted by atomic mass is 10.2. The molecule has 2 aromatic rings. The zero-order chi connectivity index (χ0) is 20.5. The predicted octanol–water partition coefficient (Wildman–Crippen LogP) is 1.98. The molecule has 0 saturated carbocycles. The molecule has 0 aliphatic heterocycles. The number of hydrazine groups is 1. The zero-order valence-electron chi connectivity index (χ0n) is 14.8. The van der Waals surface area contributed by atoms with Crippen LogP contribution in [0.15, 0.2) is 48.5 Å². The van der Waals surface area contributed by atoms with Crippen molar-refractivity contribution in [3.8, 4) is 11.8 Å². The van der Waals surface area contributed by atoms with Gasteiger partial charge in [0.15, 0.2) is 12.7 Å². The molecule has 0 fully saturated rings. The molecule has 0 unspecified atom stereocenters. The Kier molecular flexibility index (Phi) is 7.37. The molecule has 9 heteroatoms. The first kappa shape index (κ1) is 20.7. The van der Waals surface area contributed by atoms with Crippen molar-refractivity contribution in [2.45, 2.75) is 13.0 Å². The van der Waals surface area contributed by atoms with Crippen LogP contribution in [0.1, 0.15) is 22.8 Å². The fourth-order valence-electron chi connectivity index (χ4n) is 1.95. The van der Waals surface area contributed by atoms with E-state index in [2.05, 4.69) is 10.9 Å². The molecule has 2 N–H and O–H groups in total. The first-order valence-corrected chi connectivity index (χ1v) is 8.45. The number of esters is 1. The third kappa shape index (κ3) is 6.30. The van der Waals surface area contributed by atoms with Crippen LogP contribution in [0.2, 0.25) is 5.02 Å². The second-order valence-corrected chi connectivity index (χ2v) is 5.95. The molecule has 2 aromatic carbocycles. The molecule has 144 valence electrons. The monoisotopic (exact) mass is 401 g/mol. The fourth-order valence-corrected chi connectivity index (χ4v) is 2.08. The van der Waals surface area contributed by atoms with Crippen molar-refractivity contribution >= 4 is 29.4 Å². The van der Waals surface area contributed by atoms with E-state index < -0.39 is 30.5 Å². The van der Waals surface area contributed by atoms with Crippen LogP contribution in [0.25, 0.3) is 0 Å². The maximum absolute atomic E-state index is 11.9. The Morgan fingerprint density at radius 2 is 1.71 bits per heavy atom. The van der Waals surface area contributed by atoms with Gasteiger partial charge in [-0.1, -0.05) is 11.6 Å². The SMILES string of the molecule is C[C@@H](Oc1ccc(C#N)cc1)C(=O)OCC(=O)NNC(=O)c1ccc(Cl)cc1. The lowest BCUT2D eigenvalue weighted by Gasteiger charge is -2.14. The highest BCUT2D eigenvalue weighted by molar-refractivity contribution is 6.30. The van der Waals surface area contributed by atoms with Gasteiger partial charge in [0.25, 0.3) is 11.8 Å². The largest absolute Gasteiger partial charge is 0.479 e. The third-order valence-electron chi connectivity index (χ3n) is 3.40. The first-order valence-electron chi connectivity index (χ1n) is 8.07. The third-order valence-corrected chi connectivity index (χ3v) is 3.65. The molecule has 0 aliphatic rings. The number of nitriles is 1. The Hall–Kier alpha value is -3.57. The Balaban J connectivity index is 1.73. The Labute approximate surface area is 166 Å². The minimum atomic E-state index is -0.968. The van der Waals surface area contributed by atoms with E-state index in [0.717, 1.165) is 0 Å². The van der Waals surface area contributed by atoms with E-state index in [1.54, 1.807) is 24.3 Å². The molecule has 0 aromatic heterocycles. The van der Waals surface area contributed by atoms with Crippen LogP contribution in [-0.2, 0) is 14.3 Å². The zero-order valence-corrected chi connectivity index (χ0v) is 15.5. The van der Waals surface area contributed by atoms with Gasteiger partial charge in [-0.15, -0.1) is 0 Å². The number of halogens is 1. The fraction of sp³-hybridized carbons (Fsp3) is 0.158. The Morgan fingerprint density at radius 3 is 2.32 bits per heavy atom. The number of benzene rings is 2. The van der Waals surface area contributed by atoms with E-state index in [1.807, 2.05) is 6.07 Å². The van der Waals surface area contributed by atoms with Gasteiger partial charge in [-0.2, -0.15) is 5.26 Å². The number of amides is 2. The summed E-state index contributed by atoms with van der Waals surface area (Å²) >= 11 is 5.73. The minimum Gasteiger partial charge on any atom is -0.479 e. The topological polar surface area (TPSA) is 118 Å². The van der Waals surface area contributed by atoms with Crippen molar-refractivity contribution in [3.05, 3.63) is 64.7 Å². The summed E-state index contributed by atoms with van der Waals surface area (Å²) in [5, 5.41) is 9.22. The maximum atomic E-state index is 11.9. The van der Waals surface area contributed by atoms with Crippen LogP contribution < -0.4 is 15.6 Å². The standard InChI is InChI=1S/C19H16ClN3O5/c1-12(28-16-8-2-13(10-21)3-9-16)19(26)27-11-17(24)22-23-18(25)14-4-6-15(20)7-5-14/h2-9,12H,11H2,1H3,(H,22,24)(H,23,25)/t12-/m1/s1. The smallest absolute Gasteiger partial charge is 0.347 e. The van der Waals surface area contributed by atoms with Crippen molar-refractivity contribution in [2.75, 3.05) is 6.61 Å². The average Bonchev–Trinajstić information content (AvgIpc) is 2.71. The molecular weight excluding hydrogens is 386 g/mol. The van der Waals surface area contributed by atoms with Crippen molar-refractivity contribution in [1.29, 1.82) is 5.26 Å². The highest BCUT2D eigenvalue weighted by atomic mass is 35.5. The van der Waals surface area contributed by atoms with Crippen molar-refractivity contribution < 1.29 is 23.9 Å². The highest BCUT2D eigenvalue weighted by Gasteiger charge is 2.18. The number of ether oxygens (including phenoxy) is 2. The second-order valence-electron chi connectivity index (χ2n) is 5.51. The summed E-state index contributed by atoms with van der Waals surface area (Å²) < 4.78 is 10.2. The van der Waals surface area contributed by atoms with Gasteiger partial charge in [-0.25, -0.2) is 4.79 Å². The van der Waals surface area contributed by atoms with Crippen LogP contribution in [-0.4, -0.2) is 30.5 Å². The number of rotatable bonds is 6. The number of hydrogen-bond acceptors (Lipinski definition) is 6. The van der Waals surface area contributed by atoms with Gasteiger partial charge < -0.3 is 9.47 Å². The average molecular weight is 402 g/mol. The van der Waals surface area contributed by atoms with Gasteiger partial charge in [0.2, 0.25) is 0 Å². The van der Waals surface area contributed by atoms with Gasteiger partial charge in [0.05, 0.1) is 11.6 Å². The molecule has 0 bridgehead atoms. The van der Waals surface area contributed by atoms with E-state index in [9.17, 15) is 14.4 Å². The summed E-state index contributed by atoms with van der Waals surface area (Å²) in [5.74, 6) is -1.65. The van der Waals surface area contributed by atoms with Crippen LogP contribution in [0.5, 0.6) is 5.75 Å². The summed E-state index contributed by atoms with van der Waals surface area (Å²) in [6.07, 6.45) is -0.968. The molecule has 0 aliphatic carbocycles. The summed E-state index contributed by atoms with van der Waals surface area (Å²) in [7, 11) is 0. The van der Waals surface area contributed by atoms with Crippen molar-refractivity contribution in [1.82, 2.24) is 10.9 Å². The molecular formula is C19H16ClN3O5. The summed E-state index contributed by atoms with van der Waals surface area (Å²) in [5.41, 5.74) is 5.08. The molecule has 2 amide bonds. The lowest BCUT2D eigenvalue weighted by molar-refractivity contribution is -0.154. The van der Waals surface area contributed by atoms with Gasteiger partial charge in [-0.05, 0) is 55.5 Å². The normalized spacial score (nSPS) is 10.9. The number of carbonyl (C=O) groups is 3. The summed E-state index contributed by atoms with van der Waals surface area (Å²) in [6.45, 7) is 0.863. The van der Waals surface area contributed by atoms with E-state index in [1.165, 1.54) is 31.2 Å². The number of nitrogens with zero attached hydrogens (tertiary/aromatic N) is 1. The quantitative estimate of drug-likeness (QED) is 0.564. The van der Waals surface area contributed by atoms with Crippen LogP contribution >= 0.6 is 11.6 Å². The molecule has 1 atom stereocenters. The highest BCUT2D eigenvalue weighted by Crippen LogP contribution is 2.14. The van der Waals surface area contributed by atoms with Gasteiger partial charge >= 0.3 is 5.97 Å². The van der Waals surface area contributed by atoms with E-state index >= 15 is 0 Å². The molecule has 0 radical (unpaired) electrons. The predicted molar refractivity (Wildman–Crippen MR) is 99.3 cm³/mol. The first-order chi connectivity index (χ1) is 13.4. The molecule has 8 nitrogen and oxygen atoms in total. The van der Waals surface area contributed by atoms with Crippen LogP contribution in [0.4, 0.5) is 0 Å².